The van der Waals surface area contributed by atoms with E-state index in [9.17, 15) is 4.79 Å². The van der Waals surface area contributed by atoms with Crippen molar-refractivity contribution in [2.24, 2.45) is 7.05 Å². The lowest BCUT2D eigenvalue weighted by molar-refractivity contribution is -0.121. The van der Waals surface area contributed by atoms with Gasteiger partial charge in [-0.05, 0) is 5.56 Å². The Morgan fingerprint density at radius 3 is 3.04 bits per heavy atom. The Hall–Kier alpha value is -2.18. The van der Waals surface area contributed by atoms with Gasteiger partial charge < -0.3 is 14.8 Å². The fourth-order valence-corrected chi connectivity index (χ4v) is 3.03. The zero-order valence-electron chi connectivity index (χ0n) is 14.7. The summed E-state index contributed by atoms with van der Waals surface area (Å²) in [5.74, 6) is 0.0273. The summed E-state index contributed by atoms with van der Waals surface area (Å²) >= 11 is 0. The normalized spacial score (nSPS) is 13.5. The van der Waals surface area contributed by atoms with E-state index in [1.165, 1.54) is 5.69 Å². The molecule has 1 N–H and O–H groups in total. The fourth-order valence-electron chi connectivity index (χ4n) is 3.03. The molecule has 6 heteroatoms. The highest BCUT2D eigenvalue weighted by Crippen LogP contribution is 2.21. The summed E-state index contributed by atoms with van der Waals surface area (Å²) in [5, 5.41) is 7.44. The number of benzene rings is 1. The highest BCUT2D eigenvalue weighted by atomic mass is 16.5. The van der Waals surface area contributed by atoms with E-state index in [-0.39, 0.29) is 5.91 Å². The third-order valence-corrected chi connectivity index (χ3v) is 4.36. The average Bonchev–Trinajstić information content (AvgIpc) is 2.97. The van der Waals surface area contributed by atoms with Crippen molar-refractivity contribution in [3.05, 3.63) is 52.8 Å². The van der Waals surface area contributed by atoms with Gasteiger partial charge >= 0.3 is 0 Å². The molecule has 0 bridgehead atoms. The van der Waals surface area contributed by atoms with Gasteiger partial charge in [0.15, 0.2) is 0 Å². The molecule has 2 heterocycles. The molecule has 0 saturated heterocycles. The zero-order chi connectivity index (χ0) is 17.5. The molecule has 0 aliphatic carbocycles. The Morgan fingerprint density at radius 1 is 1.36 bits per heavy atom. The molecule has 1 aromatic carbocycles. The van der Waals surface area contributed by atoms with Crippen LogP contribution in [0.15, 0.2) is 30.3 Å². The summed E-state index contributed by atoms with van der Waals surface area (Å²) in [6.45, 7) is 2.95. The molecular formula is C19H25N3O3. The minimum atomic E-state index is 0.0273. The van der Waals surface area contributed by atoms with Gasteiger partial charge in [0.1, 0.15) is 0 Å². The maximum absolute atomic E-state index is 12.0. The number of nitrogens with zero attached hydrogens (tertiary/aromatic N) is 2. The van der Waals surface area contributed by atoms with Gasteiger partial charge in [0.05, 0.1) is 32.1 Å². The molecule has 0 fully saturated rings. The first-order valence-corrected chi connectivity index (χ1v) is 8.74. The van der Waals surface area contributed by atoms with Crippen LogP contribution in [0.4, 0.5) is 0 Å². The van der Waals surface area contributed by atoms with E-state index in [0.717, 1.165) is 29.8 Å². The molecular weight excluding hydrogens is 318 g/mol. The number of carbonyl (C=O) groups excluding carboxylic acids is 1. The summed E-state index contributed by atoms with van der Waals surface area (Å²) in [5.41, 5.74) is 4.51. The Morgan fingerprint density at radius 2 is 2.20 bits per heavy atom. The number of aryl methyl sites for hydroxylation is 2. The van der Waals surface area contributed by atoms with Crippen LogP contribution in [0.25, 0.3) is 0 Å². The van der Waals surface area contributed by atoms with Crippen molar-refractivity contribution >= 4 is 5.91 Å². The number of aromatic nitrogens is 2. The smallest absolute Gasteiger partial charge is 0.220 e. The molecule has 0 radical (unpaired) electrons. The average molecular weight is 343 g/mol. The second-order valence-corrected chi connectivity index (χ2v) is 6.19. The van der Waals surface area contributed by atoms with Gasteiger partial charge in [0, 0.05) is 44.1 Å². The summed E-state index contributed by atoms with van der Waals surface area (Å²) < 4.78 is 13.0. The molecule has 0 saturated carbocycles. The largest absolute Gasteiger partial charge is 0.376 e. The lowest BCUT2D eigenvalue weighted by Gasteiger charge is -2.13. The molecule has 134 valence electrons. The van der Waals surface area contributed by atoms with E-state index < -0.39 is 0 Å². The van der Waals surface area contributed by atoms with Gasteiger partial charge in [-0.3, -0.25) is 9.48 Å². The maximum atomic E-state index is 12.0. The highest BCUT2D eigenvalue weighted by molar-refractivity contribution is 5.76. The first kappa shape index (κ1) is 17.6. The van der Waals surface area contributed by atoms with E-state index in [4.69, 9.17) is 9.47 Å². The number of hydrogen-bond acceptors (Lipinski definition) is 4. The molecule has 0 unspecified atom stereocenters. The molecule has 6 nitrogen and oxygen atoms in total. The van der Waals surface area contributed by atoms with Crippen LogP contribution >= 0.6 is 0 Å². The molecule has 3 rings (SSSR count). The van der Waals surface area contributed by atoms with Crippen LogP contribution in [0.2, 0.25) is 0 Å². The highest BCUT2D eigenvalue weighted by Gasteiger charge is 2.19. The van der Waals surface area contributed by atoms with E-state index in [1.54, 1.807) is 0 Å². The van der Waals surface area contributed by atoms with Crippen molar-refractivity contribution in [3.63, 3.8) is 0 Å². The van der Waals surface area contributed by atoms with Gasteiger partial charge in [0.2, 0.25) is 5.91 Å². The Balaban J connectivity index is 1.35. The quantitative estimate of drug-likeness (QED) is 0.742. The number of carbonyl (C=O) groups is 1. The van der Waals surface area contributed by atoms with Gasteiger partial charge in [-0.25, -0.2) is 0 Å². The molecule has 1 amide bonds. The third kappa shape index (κ3) is 4.90. The number of fused-ring (bicyclic) bond motifs is 1. The topological polar surface area (TPSA) is 65.4 Å². The van der Waals surface area contributed by atoms with E-state index in [2.05, 4.69) is 10.4 Å². The lowest BCUT2D eigenvalue weighted by Crippen LogP contribution is -2.27. The van der Waals surface area contributed by atoms with Crippen LogP contribution < -0.4 is 5.32 Å². The van der Waals surface area contributed by atoms with Crippen LogP contribution in [-0.2, 0) is 47.4 Å². The van der Waals surface area contributed by atoms with Crippen LogP contribution in [0.5, 0.6) is 0 Å². The second kappa shape index (κ2) is 8.78. The summed E-state index contributed by atoms with van der Waals surface area (Å²) in [7, 11) is 1.96. The Kier molecular flexibility index (Phi) is 6.19. The summed E-state index contributed by atoms with van der Waals surface area (Å²) in [6, 6.07) is 10.0. The monoisotopic (exact) mass is 343 g/mol. The Bertz CT molecular complexity index is 697. The van der Waals surface area contributed by atoms with Crippen LogP contribution in [0.3, 0.4) is 0 Å². The van der Waals surface area contributed by atoms with Crippen LogP contribution in [0.1, 0.15) is 28.9 Å². The zero-order valence-corrected chi connectivity index (χ0v) is 14.7. The van der Waals surface area contributed by atoms with E-state index in [1.807, 2.05) is 42.1 Å². The molecule has 0 atom stereocenters. The minimum Gasteiger partial charge on any atom is -0.376 e. The Labute approximate surface area is 148 Å². The number of hydrogen-bond donors (Lipinski definition) is 1. The van der Waals surface area contributed by atoms with E-state index >= 15 is 0 Å². The predicted octanol–water partition coefficient (Wildman–Crippen LogP) is 1.76. The molecule has 0 spiro atoms. The maximum Gasteiger partial charge on any atom is 0.220 e. The van der Waals surface area contributed by atoms with Gasteiger partial charge in [-0.2, -0.15) is 5.10 Å². The number of amides is 1. The summed E-state index contributed by atoms with van der Waals surface area (Å²) in [4.78, 5) is 12.0. The number of rotatable bonds is 8. The van der Waals surface area contributed by atoms with Crippen LogP contribution in [0, 0.1) is 0 Å². The standard InChI is InChI=1S/C19H25N3O3/c1-22-18-9-11-24-14-16(18)17(21-22)7-8-19(23)20-10-12-25-13-15-5-3-2-4-6-15/h2-6H,7-14H2,1H3,(H,20,23). The minimum absolute atomic E-state index is 0.0273. The fraction of sp³-hybridized carbons (Fsp3) is 0.474. The van der Waals surface area contributed by atoms with Crippen LogP contribution in [-0.4, -0.2) is 35.4 Å². The van der Waals surface area contributed by atoms with Gasteiger partial charge in [-0.1, -0.05) is 30.3 Å². The lowest BCUT2D eigenvalue weighted by atomic mass is 10.1. The van der Waals surface area contributed by atoms with Crippen molar-refractivity contribution in [1.82, 2.24) is 15.1 Å². The predicted molar refractivity (Wildman–Crippen MR) is 94.0 cm³/mol. The van der Waals surface area contributed by atoms with Crippen molar-refractivity contribution in [2.45, 2.75) is 32.5 Å². The van der Waals surface area contributed by atoms with Crippen molar-refractivity contribution in [3.8, 4) is 0 Å². The van der Waals surface area contributed by atoms with Crippen molar-refractivity contribution < 1.29 is 14.3 Å². The third-order valence-electron chi connectivity index (χ3n) is 4.36. The first-order chi connectivity index (χ1) is 12.2. The van der Waals surface area contributed by atoms with Gasteiger partial charge in [0.25, 0.3) is 0 Å². The molecule has 1 aromatic heterocycles. The van der Waals surface area contributed by atoms with E-state index in [0.29, 0.717) is 39.2 Å². The van der Waals surface area contributed by atoms with Crippen molar-refractivity contribution in [2.75, 3.05) is 19.8 Å². The molecule has 1 aliphatic rings. The second-order valence-electron chi connectivity index (χ2n) is 6.19. The first-order valence-electron chi connectivity index (χ1n) is 8.74. The van der Waals surface area contributed by atoms with Crippen molar-refractivity contribution in [1.29, 1.82) is 0 Å². The summed E-state index contributed by atoms with van der Waals surface area (Å²) in [6.07, 6.45) is 1.97. The SMILES string of the molecule is Cn1nc(CCC(=O)NCCOCc2ccccc2)c2c1CCOC2. The van der Waals surface area contributed by atoms with Gasteiger partial charge in [-0.15, -0.1) is 0 Å². The molecule has 1 aliphatic heterocycles. The number of nitrogens with one attached hydrogen (secondary N) is 1. The number of ether oxygens (including phenoxy) is 2. The molecule has 2 aromatic rings. The molecule has 25 heavy (non-hydrogen) atoms.